The Kier molecular flexibility index (Phi) is 3.57. The van der Waals surface area contributed by atoms with Crippen LogP contribution in [-0.2, 0) is 10.2 Å². The van der Waals surface area contributed by atoms with Gasteiger partial charge in [0, 0.05) is 22.1 Å². The molecule has 0 radical (unpaired) electrons. The van der Waals surface area contributed by atoms with Gasteiger partial charge in [0.15, 0.2) is 11.5 Å². The number of phenols is 2. The highest BCUT2D eigenvalue weighted by molar-refractivity contribution is 6.31. The second-order valence-electron chi connectivity index (χ2n) is 4.68. The molecular formula is C12H15ClO4. The van der Waals surface area contributed by atoms with Crippen molar-refractivity contribution < 1.29 is 20.1 Å². The fourth-order valence-corrected chi connectivity index (χ4v) is 2.21. The van der Waals surface area contributed by atoms with E-state index in [9.17, 15) is 15.0 Å². The predicted octanol–water partition coefficient (Wildman–Crippen LogP) is 2.81. The Morgan fingerprint density at radius 2 is 1.94 bits per heavy atom. The van der Waals surface area contributed by atoms with Crippen LogP contribution in [0.15, 0.2) is 6.07 Å². The molecule has 0 aliphatic rings. The molecule has 1 aromatic carbocycles. The highest BCUT2D eigenvalue weighted by Gasteiger charge is 2.31. The minimum Gasteiger partial charge on any atom is -0.504 e. The van der Waals surface area contributed by atoms with Crippen molar-refractivity contribution >= 4 is 17.6 Å². The first-order chi connectivity index (χ1) is 7.66. The molecule has 0 fully saturated rings. The molecule has 1 rings (SSSR count). The number of hydrogen-bond acceptors (Lipinski definition) is 3. The van der Waals surface area contributed by atoms with E-state index in [1.165, 1.54) is 6.07 Å². The third kappa shape index (κ3) is 2.64. The Labute approximate surface area is 104 Å². The molecule has 0 aliphatic heterocycles. The normalized spacial score (nSPS) is 11.5. The van der Waals surface area contributed by atoms with E-state index in [0.717, 1.165) is 0 Å². The molecule has 1 aromatic rings. The lowest BCUT2D eigenvalue weighted by atomic mass is 9.78. The van der Waals surface area contributed by atoms with Crippen LogP contribution in [0.25, 0.3) is 0 Å². The number of carbonyl (C=O) groups is 1. The van der Waals surface area contributed by atoms with E-state index in [2.05, 4.69) is 0 Å². The van der Waals surface area contributed by atoms with Crippen molar-refractivity contribution in [2.24, 2.45) is 0 Å². The van der Waals surface area contributed by atoms with E-state index in [0.29, 0.717) is 16.1 Å². The van der Waals surface area contributed by atoms with Gasteiger partial charge in [0.2, 0.25) is 0 Å². The Morgan fingerprint density at radius 3 is 2.41 bits per heavy atom. The fourth-order valence-electron chi connectivity index (χ4n) is 2.02. The van der Waals surface area contributed by atoms with Crippen LogP contribution in [0.2, 0.25) is 5.02 Å². The lowest BCUT2D eigenvalue weighted by Gasteiger charge is -2.27. The Bertz CT molecular complexity index is 440. The first kappa shape index (κ1) is 13.6. The molecule has 0 bridgehead atoms. The van der Waals surface area contributed by atoms with Gasteiger partial charge in [-0.05, 0) is 12.5 Å². The summed E-state index contributed by atoms with van der Waals surface area (Å²) in [5.41, 5.74) is 0.126. The quantitative estimate of drug-likeness (QED) is 0.729. The molecule has 5 heteroatoms. The van der Waals surface area contributed by atoms with Gasteiger partial charge in [0.1, 0.15) is 0 Å². The van der Waals surface area contributed by atoms with Gasteiger partial charge >= 0.3 is 5.97 Å². The van der Waals surface area contributed by atoms with E-state index < -0.39 is 11.4 Å². The number of hydrogen-bond donors (Lipinski definition) is 3. The van der Waals surface area contributed by atoms with Crippen molar-refractivity contribution in [3.8, 4) is 11.5 Å². The Balaban J connectivity index is 3.44. The van der Waals surface area contributed by atoms with Crippen LogP contribution < -0.4 is 0 Å². The number of halogens is 1. The highest BCUT2D eigenvalue weighted by atomic mass is 35.5. The smallest absolute Gasteiger partial charge is 0.304 e. The summed E-state index contributed by atoms with van der Waals surface area (Å²) in [5, 5.41) is 28.5. The van der Waals surface area contributed by atoms with Crippen molar-refractivity contribution in [3.05, 3.63) is 22.2 Å². The molecule has 17 heavy (non-hydrogen) atoms. The Hall–Kier alpha value is -1.42. The summed E-state index contributed by atoms with van der Waals surface area (Å²) >= 11 is 5.92. The lowest BCUT2D eigenvalue weighted by Crippen LogP contribution is -2.23. The number of rotatable bonds is 3. The van der Waals surface area contributed by atoms with Gasteiger partial charge in [-0.25, -0.2) is 0 Å². The van der Waals surface area contributed by atoms with Crippen LogP contribution in [0.4, 0.5) is 0 Å². The summed E-state index contributed by atoms with van der Waals surface area (Å²) in [7, 11) is 0. The van der Waals surface area contributed by atoms with E-state index in [-0.39, 0.29) is 17.9 Å². The molecule has 4 nitrogen and oxygen atoms in total. The number of benzene rings is 1. The van der Waals surface area contributed by atoms with Gasteiger partial charge in [-0.3, -0.25) is 4.79 Å². The first-order valence-corrected chi connectivity index (χ1v) is 5.48. The lowest BCUT2D eigenvalue weighted by molar-refractivity contribution is -0.138. The maximum atomic E-state index is 10.8. The maximum Gasteiger partial charge on any atom is 0.304 e. The fraction of sp³-hybridized carbons (Fsp3) is 0.417. The van der Waals surface area contributed by atoms with Crippen molar-refractivity contribution in [2.75, 3.05) is 0 Å². The minimum atomic E-state index is -0.978. The molecule has 3 N–H and O–H groups in total. The molecule has 0 heterocycles. The summed E-state index contributed by atoms with van der Waals surface area (Å²) in [5.74, 6) is -1.62. The molecule has 0 spiro atoms. The summed E-state index contributed by atoms with van der Waals surface area (Å²) in [6, 6.07) is 1.24. The largest absolute Gasteiger partial charge is 0.504 e. The minimum absolute atomic E-state index is 0.165. The van der Waals surface area contributed by atoms with E-state index in [1.807, 2.05) is 0 Å². The molecule has 0 aromatic heterocycles. The topological polar surface area (TPSA) is 77.8 Å². The summed E-state index contributed by atoms with van der Waals surface area (Å²) in [6.45, 7) is 5.04. The standard InChI is InChI=1S/C12H15ClO4/c1-6-7(13)4-8(14)11(17)10(6)12(2,3)5-9(15)16/h4,14,17H,5H2,1-3H3,(H,15,16). The molecule has 94 valence electrons. The second-order valence-corrected chi connectivity index (χ2v) is 5.09. The van der Waals surface area contributed by atoms with Crippen LogP contribution in [0.3, 0.4) is 0 Å². The SMILES string of the molecule is Cc1c(Cl)cc(O)c(O)c1C(C)(C)CC(=O)O. The van der Waals surface area contributed by atoms with E-state index >= 15 is 0 Å². The maximum absolute atomic E-state index is 10.8. The van der Waals surface area contributed by atoms with Crippen molar-refractivity contribution in [1.29, 1.82) is 0 Å². The third-order valence-electron chi connectivity index (χ3n) is 2.75. The van der Waals surface area contributed by atoms with Crippen LogP contribution in [0.1, 0.15) is 31.4 Å². The van der Waals surface area contributed by atoms with E-state index in [1.54, 1.807) is 20.8 Å². The summed E-state index contributed by atoms with van der Waals surface area (Å²) < 4.78 is 0. The molecular weight excluding hydrogens is 244 g/mol. The van der Waals surface area contributed by atoms with Crippen LogP contribution >= 0.6 is 11.6 Å². The van der Waals surface area contributed by atoms with Gasteiger partial charge in [0.05, 0.1) is 6.42 Å². The molecule has 0 aliphatic carbocycles. The molecule has 0 atom stereocenters. The summed E-state index contributed by atoms with van der Waals surface area (Å²) in [6.07, 6.45) is -0.165. The number of carboxylic acid groups (broad SMARTS) is 1. The molecule has 0 amide bonds. The molecule has 0 unspecified atom stereocenters. The molecule has 0 saturated heterocycles. The van der Waals surface area contributed by atoms with Gasteiger partial charge in [-0.1, -0.05) is 25.4 Å². The third-order valence-corrected chi connectivity index (χ3v) is 3.14. The van der Waals surface area contributed by atoms with Crippen molar-refractivity contribution in [2.45, 2.75) is 32.6 Å². The average molecular weight is 259 g/mol. The zero-order valence-electron chi connectivity index (χ0n) is 9.91. The van der Waals surface area contributed by atoms with Crippen LogP contribution in [-0.4, -0.2) is 21.3 Å². The first-order valence-electron chi connectivity index (χ1n) is 5.10. The number of aliphatic carboxylic acids is 1. The Morgan fingerprint density at radius 1 is 1.41 bits per heavy atom. The van der Waals surface area contributed by atoms with Crippen molar-refractivity contribution in [3.63, 3.8) is 0 Å². The highest BCUT2D eigenvalue weighted by Crippen LogP contribution is 2.43. The number of aromatic hydroxyl groups is 2. The van der Waals surface area contributed by atoms with E-state index in [4.69, 9.17) is 16.7 Å². The zero-order valence-corrected chi connectivity index (χ0v) is 10.7. The van der Waals surface area contributed by atoms with Gasteiger partial charge in [-0.2, -0.15) is 0 Å². The number of carboxylic acids is 1. The zero-order chi connectivity index (χ0) is 13.4. The number of phenolic OH excluding ortho intramolecular Hbond substituents is 2. The second kappa shape index (κ2) is 4.45. The predicted molar refractivity (Wildman–Crippen MR) is 64.8 cm³/mol. The molecule has 0 saturated carbocycles. The van der Waals surface area contributed by atoms with Gasteiger partial charge in [-0.15, -0.1) is 0 Å². The van der Waals surface area contributed by atoms with Crippen LogP contribution in [0, 0.1) is 6.92 Å². The van der Waals surface area contributed by atoms with Crippen molar-refractivity contribution in [1.82, 2.24) is 0 Å². The summed E-state index contributed by atoms with van der Waals surface area (Å²) in [4.78, 5) is 10.8. The van der Waals surface area contributed by atoms with Crippen LogP contribution in [0.5, 0.6) is 11.5 Å². The van der Waals surface area contributed by atoms with Gasteiger partial charge in [0.25, 0.3) is 0 Å². The average Bonchev–Trinajstić information content (AvgIpc) is 2.12. The monoisotopic (exact) mass is 258 g/mol. The van der Waals surface area contributed by atoms with Gasteiger partial charge < -0.3 is 15.3 Å².